The Hall–Kier alpha value is -1.43. The minimum atomic E-state index is -3.68. The molecule has 0 aliphatic rings. The summed E-state index contributed by atoms with van der Waals surface area (Å²) in [6.07, 6.45) is -0.210. The minimum absolute atomic E-state index is 0.0130. The van der Waals surface area contributed by atoms with Crippen molar-refractivity contribution in [1.29, 1.82) is 5.26 Å². The molecule has 0 spiro atoms. The molecule has 0 unspecified atom stereocenters. The third kappa shape index (κ3) is 3.30. The molecule has 0 aliphatic carbocycles. The molecule has 6 nitrogen and oxygen atoms in total. The highest BCUT2D eigenvalue weighted by atomic mass is 32.2. The quantitative estimate of drug-likeness (QED) is 0.734. The SMILES string of the molecule is N#CCNS(=O)(=O)c1ccc(CC(=O)O)s1. The number of carboxylic acids is 1. The van der Waals surface area contributed by atoms with Gasteiger partial charge in [-0.15, -0.1) is 11.3 Å². The second kappa shape index (κ2) is 5.07. The summed E-state index contributed by atoms with van der Waals surface area (Å²) in [6.45, 7) is -0.311. The predicted octanol–water partition coefficient (Wildman–Crippen LogP) is 0.177. The molecule has 0 fully saturated rings. The molecule has 1 rings (SSSR count). The van der Waals surface area contributed by atoms with E-state index >= 15 is 0 Å². The molecule has 86 valence electrons. The van der Waals surface area contributed by atoms with Crippen molar-refractivity contribution in [3.8, 4) is 6.07 Å². The minimum Gasteiger partial charge on any atom is -0.481 e. The number of sulfonamides is 1. The van der Waals surface area contributed by atoms with Crippen LogP contribution < -0.4 is 4.72 Å². The lowest BCUT2D eigenvalue weighted by atomic mass is 10.3. The Morgan fingerprint density at radius 1 is 1.56 bits per heavy atom. The van der Waals surface area contributed by atoms with E-state index in [4.69, 9.17) is 10.4 Å². The molecule has 0 radical (unpaired) electrons. The van der Waals surface area contributed by atoms with Crippen molar-refractivity contribution in [1.82, 2.24) is 4.72 Å². The van der Waals surface area contributed by atoms with Gasteiger partial charge in [0.2, 0.25) is 0 Å². The topological polar surface area (TPSA) is 107 Å². The van der Waals surface area contributed by atoms with Gasteiger partial charge in [-0.25, -0.2) is 8.42 Å². The molecule has 0 saturated carbocycles. The number of hydrogen-bond donors (Lipinski definition) is 2. The molecular weight excluding hydrogens is 252 g/mol. The average molecular weight is 260 g/mol. The van der Waals surface area contributed by atoms with Crippen molar-refractivity contribution >= 4 is 27.3 Å². The van der Waals surface area contributed by atoms with Crippen LogP contribution in [0.15, 0.2) is 16.3 Å². The largest absolute Gasteiger partial charge is 0.481 e. The van der Waals surface area contributed by atoms with E-state index in [1.165, 1.54) is 12.1 Å². The maximum atomic E-state index is 11.5. The summed E-state index contributed by atoms with van der Waals surface area (Å²) in [5.41, 5.74) is 0. The summed E-state index contributed by atoms with van der Waals surface area (Å²) in [5.74, 6) is -1.02. The maximum Gasteiger partial charge on any atom is 0.308 e. The van der Waals surface area contributed by atoms with Gasteiger partial charge in [-0.2, -0.15) is 9.98 Å². The lowest BCUT2D eigenvalue weighted by molar-refractivity contribution is -0.136. The van der Waals surface area contributed by atoms with Crippen LogP contribution in [0.25, 0.3) is 0 Å². The van der Waals surface area contributed by atoms with Crippen LogP contribution >= 0.6 is 11.3 Å². The van der Waals surface area contributed by atoms with E-state index in [-0.39, 0.29) is 17.2 Å². The van der Waals surface area contributed by atoms with Crippen molar-refractivity contribution < 1.29 is 18.3 Å². The van der Waals surface area contributed by atoms with E-state index in [9.17, 15) is 13.2 Å². The molecule has 1 heterocycles. The fraction of sp³-hybridized carbons (Fsp3) is 0.250. The smallest absolute Gasteiger partial charge is 0.308 e. The van der Waals surface area contributed by atoms with Crippen LogP contribution in [0.4, 0.5) is 0 Å². The van der Waals surface area contributed by atoms with Crippen molar-refractivity contribution in [2.24, 2.45) is 0 Å². The summed E-state index contributed by atoms with van der Waals surface area (Å²) in [5, 5.41) is 16.8. The Kier molecular flexibility index (Phi) is 4.00. The van der Waals surface area contributed by atoms with Gasteiger partial charge in [-0.1, -0.05) is 0 Å². The third-order valence-electron chi connectivity index (χ3n) is 1.57. The van der Waals surface area contributed by atoms with Crippen molar-refractivity contribution in [3.63, 3.8) is 0 Å². The zero-order valence-corrected chi connectivity index (χ0v) is 9.64. The average Bonchev–Trinajstić information content (AvgIpc) is 2.63. The monoisotopic (exact) mass is 260 g/mol. The van der Waals surface area contributed by atoms with Gasteiger partial charge in [0.1, 0.15) is 4.21 Å². The van der Waals surface area contributed by atoms with Gasteiger partial charge in [-0.05, 0) is 12.1 Å². The number of hydrogen-bond acceptors (Lipinski definition) is 5. The summed E-state index contributed by atoms with van der Waals surface area (Å²) in [4.78, 5) is 10.8. The zero-order chi connectivity index (χ0) is 12.2. The normalized spacial score (nSPS) is 10.9. The van der Waals surface area contributed by atoms with Crippen LogP contribution in [0.3, 0.4) is 0 Å². The molecule has 16 heavy (non-hydrogen) atoms. The van der Waals surface area contributed by atoms with Crippen molar-refractivity contribution in [2.75, 3.05) is 6.54 Å². The van der Waals surface area contributed by atoms with Crippen LogP contribution in [0.2, 0.25) is 0 Å². The molecular formula is C8H8N2O4S2. The van der Waals surface area contributed by atoms with E-state index in [2.05, 4.69) is 4.72 Å². The highest BCUT2D eigenvalue weighted by molar-refractivity contribution is 7.91. The third-order valence-corrected chi connectivity index (χ3v) is 4.55. The molecule has 8 heteroatoms. The Labute approximate surface area is 96.2 Å². The first-order valence-electron chi connectivity index (χ1n) is 4.13. The van der Waals surface area contributed by atoms with Gasteiger partial charge < -0.3 is 5.11 Å². The number of carbonyl (C=O) groups is 1. The summed E-state index contributed by atoms with van der Waals surface area (Å²) in [7, 11) is -3.68. The number of nitrogens with zero attached hydrogens (tertiary/aromatic N) is 1. The molecule has 2 N–H and O–H groups in total. The molecule has 0 saturated heterocycles. The van der Waals surface area contributed by atoms with Crippen LogP contribution in [-0.2, 0) is 21.2 Å². The fourth-order valence-corrected chi connectivity index (χ4v) is 3.25. The number of nitriles is 1. The second-order valence-electron chi connectivity index (χ2n) is 2.77. The molecule has 1 aromatic heterocycles. The molecule has 0 aromatic carbocycles. The highest BCUT2D eigenvalue weighted by Gasteiger charge is 2.16. The Morgan fingerprint density at radius 2 is 2.25 bits per heavy atom. The van der Waals surface area contributed by atoms with Crippen molar-refractivity contribution in [3.05, 3.63) is 17.0 Å². The van der Waals surface area contributed by atoms with Gasteiger partial charge in [0.05, 0.1) is 19.0 Å². The second-order valence-corrected chi connectivity index (χ2v) is 5.94. The number of carboxylic acid groups (broad SMARTS) is 1. The lowest BCUT2D eigenvalue weighted by Gasteiger charge is -1.98. The van der Waals surface area contributed by atoms with E-state index in [1.807, 2.05) is 0 Å². The zero-order valence-electron chi connectivity index (χ0n) is 8.00. The molecule has 0 atom stereocenters. The van der Waals surface area contributed by atoms with Gasteiger partial charge in [0.15, 0.2) is 0 Å². The summed E-state index contributed by atoms with van der Waals surface area (Å²) in [6, 6.07) is 4.42. The first-order valence-corrected chi connectivity index (χ1v) is 6.43. The van der Waals surface area contributed by atoms with Gasteiger partial charge in [0, 0.05) is 4.88 Å². The van der Waals surface area contributed by atoms with Crippen LogP contribution in [-0.4, -0.2) is 26.0 Å². The number of nitrogens with one attached hydrogen (secondary N) is 1. The Bertz CT molecular complexity index is 526. The van der Waals surface area contributed by atoms with Crippen molar-refractivity contribution in [2.45, 2.75) is 10.6 Å². The first-order chi connectivity index (χ1) is 7.45. The van der Waals surface area contributed by atoms with E-state index in [1.54, 1.807) is 6.07 Å². The van der Waals surface area contributed by atoms with E-state index < -0.39 is 16.0 Å². The molecule has 0 bridgehead atoms. The number of rotatable bonds is 5. The summed E-state index contributed by atoms with van der Waals surface area (Å²) >= 11 is 0.878. The molecule has 1 aromatic rings. The van der Waals surface area contributed by atoms with Crippen LogP contribution in [0.5, 0.6) is 0 Å². The number of aliphatic carboxylic acids is 1. The molecule has 0 amide bonds. The van der Waals surface area contributed by atoms with Gasteiger partial charge in [0.25, 0.3) is 10.0 Å². The fourth-order valence-electron chi connectivity index (χ4n) is 0.945. The summed E-state index contributed by atoms with van der Waals surface area (Å²) < 4.78 is 25.1. The predicted molar refractivity (Wildman–Crippen MR) is 56.5 cm³/mol. The standard InChI is InChI=1S/C8H8N2O4S2/c9-3-4-10-16(13,14)8-2-1-6(15-8)5-7(11)12/h1-2,10H,4-5H2,(H,11,12). The van der Waals surface area contributed by atoms with Gasteiger partial charge in [-0.3, -0.25) is 4.79 Å². The van der Waals surface area contributed by atoms with Crippen LogP contribution in [0, 0.1) is 11.3 Å². The number of thiophene rings is 1. The van der Waals surface area contributed by atoms with E-state index in [0.29, 0.717) is 4.88 Å². The first kappa shape index (κ1) is 12.6. The molecule has 0 aliphatic heterocycles. The maximum absolute atomic E-state index is 11.5. The lowest BCUT2D eigenvalue weighted by Crippen LogP contribution is -2.22. The van der Waals surface area contributed by atoms with Crippen LogP contribution in [0.1, 0.15) is 4.88 Å². The highest BCUT2D eigenvalue weighted by Crippen LogP contribution is 2.21. The van der Waals surface area contributed by atoms with Gasteiger partial charge >= 0.3 is 5.97 Å². The Morgan fingerprint density at radius 3 is 2.81 bits per heavy atom. The Balaban J connectivity index is 2.85. The van der Waals surface area contributed by atoms with E-state index in [0.717, 1.165) is 11.3 Å².